The quantitative estimate of drug-likeness (QED) is 0.153. The first-order valence-electron chi connectivity index (χ1n) is 17.0. The number of ether oxygens (including phenoxy) is 3. The third-order valence-electron chi connectivity index (χ3n) is 10.4. The van der Waals surface area contributed by atoms with Crippen molar-refractivity contribution < 1.29 is 38.5 Å². The molecule has 2 saturated carbocycles. The molecule has 3 heterocycles. The van der Waals surface area contributed by atoms with Crippen molar-refractivity contribution in [1.82, 2.24) is 9.88 Å². The number of imide groups is 1. The zero-order valence-electron chi connectivity index (χ0n) is 27.7. The Balaban J connectivity index is 1.12. The highest BCUT2D eigenvalue weighted by Crippen LogP contribution is 2.68. The van der Waals surface area contributed by atoms with Crippen LogP contribution in [0.3, 0.4) is 0 Å². The SMILES string of the molecule is CCOc1cc([C@H]2c3sc(=O)[nH]c3SC3C4CC(C5C(=O)N(CCCCCC(=O)O)C(=O)C45)C32)ccc1OCC(=O)Nc1ccc(OC)cc1. The molecule has 1 saturated heterocycles. The summed E-state index contributed by atoms with van der Waals surface area (Å²) >= 11 is 2.82. The number of benzene rings is 2. The van der Waals surface area contributed by atoms with Gasteiger partial charge in [0.05, 0.1) is 30.6 Å². The van der Waals surface area contributed by atoms with Crippen molar-refractivity contribution in [3.63, 3.8) is 0 Å². The second kappa shape index (κ2) is 14.1. The lowest BCUT2D eigenvalue weighted by Crippen LogP contribution is -2.42. The number of carbonyl (C=O) groups is 4. The third kappa shape index (κ3) is 6.27. The van der Waals surface area contributed by atoms with Gasteiger partial charge in [0.25, 0.3) is 5.91 Å². The van der Waals surface area contributed by atoms with E-state index in [1.807, 2.05) is 19.1 Å². The molecule has 264 valence electrons. The monoisotopic (exact) mass is 721 g/mol. The lowest BCUT2D eigenvalue weighted by Gasteiger charge is -2.43. The number of hydrogen-bond acceptors (Lipinski definition) is 10. The number of thioether (sulfide) groups is 1. The largest absolute Gasteiger partial charge is 0.497 e. The van der Waals surface area contributed by atoms with Crippen LogP contribution in [0.25, 0.3) is 0 Å². The fraction of sp³-hybridized carbons (Fsp3) is 0.472. The molecule has 3 N–H and O–H groups in total. The van der Waals surface area contributed by atoms with Crippen LogP contribution in [0.1, 0.15) is 55.4 Å². The number of carboxylic acid groups (broad SMARTS) is 1. The fourth-order valence-corrected chi connectivity index (χ4v) is 11.4. The Morgan fingerprint density at radius 3 is 2.46 bits per heavy atom. The number of aliphatic carboxylic acids is 1. The molecule has 3 fully saturated rings. The Kier molecular flexibility index (Phi) is 9.66. The van der Waals surface area contributed by atoms with Crippen molar-refractivity contribution in [3.05, 3.63) is 62.6 Å². The summed E-state index contributed by atoms with van der Waals surface area (Å²) in [5.41, 5.74) is 1.53. The number of H-pyrrole nitrogens is 1. The zero-order chi connectivity index (χ0) is 35.1. The van der Waals surface area contributed by atoms with Gasteiger partial charge in [0.2, 0.25) is 11.8 Å². The topological polar surface area (TPSA) is 164 Å². The molecule has 4 aliphatic rings. The van der Waals surface area contributed by atoms with Crippen molar-refractivity contribution in [3.8, 4) is 17.2 Å². The molecule has 2 aliphatic heterocycles. The molecular weight excluding hydrogens is 683 g/mol. The van der Waals surface area contributed by atoms with Gasteiger partial charge in [-0.2, -0.15) is 0 Å². The maximum Gasteiger partial charge on any atom is 0.305 e. The summed E-state index contributed by atoms with van der Waals surface area (Å²) < 4.78 is 17.1. The van der Waals surface area contributed by atoms with E-state index in [4.69, 9.17) is 19.3 Å². The van der Waals surface area contributed by atoms with Gasteiger partial charge in [-0.15, -0.1) is 11.8 Å². The highest BCUT2D eigenvalue weighted by Gasteiger charge is 2.69. The second-order valence-corrected chi connectivity index (χ2v) is 15.4. The van der Waals surface area contributed by atoms with Crippen LogP contribution in [0.5, 0.6) is 17.2 Å². The minimum absolute atomic E-state index is 0.00527. The molecular formula is C36H39N3O9S2. The van der Waals surface area contributed by atoms with Crippen molar-refractivity contribution in [2.24, 2.45) is 29.6 Å². The van der Waals surface area contributed by atoms with Gasteiger partial charge >= 0.3 is 10.8 Å². The molecule has 12 nitrogen and oxygen atoms in total. The summed E-state index contributed by atoms with van der Waals surface area (Å²) in [7, 11) is 1.57. The Labute approximate surface area is 296 Å². The smallest absolute Gasteiger partial charge is 0.305 e. The van der Waals surface area contributed by atoms with Crippen LogP contribution < -0.4 is 24.4 Å². The molecule has 0 radical (unpaired) electrons. The molecule has 7 atom stereocenters. The van der Waals surface area contributed by atoms with Crippen molar-refractivity contribution >= 4 is 52.5 Å². The number of fused-ring (bicyclic) bond motifs is 9. The summed E-state index contributed by atoms with van der Waals surface area (Å²) in [6.45, 7) is 2.31. The first-order chi connectivity index (χ1) is 24.2. The summed E-state index contributed by atoms with van der Waals surface area (Å²) in [6, 6.07) is 12.6. The Morgan fingerprint density at radius 1 is 0.980 bits per heavy atom. The zero-order valence-corrected chi connectivity index (χ0v) is 29.3. The predicted molar refractivity (Wildman–Crippen MR) is 186 cm³/mol. The molecule has 7 rings (SSSR count). The number of likely N-dealkylation sites (tertiary alicyclic amines) is 1. The standard InChI is InChI=1S/C36H39N3O9S2/c1-3-47-24-15-18(8-13-23(24)48-17-25(40)37-19-9-11-20(46-2)12-10-19)27-28-21-16-22(31(28)49-33-32(27)50-36(45)38-33)30-29(21)34(43)39(35(30)44)14-6-4-5-7-26(41)42/h8-13,15,21-22,27-31H,3-7,14,16-17H2,1-2H3,(H,37,40)(H,38,45)(H,41,42)/t21?,22?,27-,28?,29?,30?,31?/m1/s1. The van der Waals surface area contributed by atoms with Crippen LogP contribution in [0.15, 0.2) is 52.3 Å². The van der Waals surface area contributed by atoms with E-state index in [9.17, 15) is 24.0 Å². The summed E-state index contributed by atoms with van der Waals surface area (Å²) in [4.78, 5) is 69.1. The second-order valence-electron chi connectivity index (χ2n) is 13.2. The first kappa shape index (κ1) is 34.2. The number of nitrogens with zero attached hydrogens (tertiary/aromatic N) is 1. The molecule has 2 bridgehead atoms. The minimum atomic E-state index is -0.849. The van der Waals surface area contributed by atoms with Crippen molar-refractivity contribution in [1.29, 1.82) is 0 Å². The molecule has 14 heteroatoms. The van der Waals surface area contributed by atoms with Gasteiger partial charge in [-0.1, -0.05) is 23.8 Å². The van der Waals surface area contributed by atoms with Gasteiger partial charge < -0.3 is 29.6 Å². The summed E-state index contributed by atoms with van der Waals surface area (Å²) in [5, 5.41) is 12.6. The van der Waals surface area contributed by atoms with E-state index in [1.54, 1.807) is 49.2 Å². The maximum absolute atomic E-state index is 13.9. The van der Waals surface area contributed by atoms with Gasteiger partial charge in [-0.25, -0.2) is 0 Å². The molecule has 50 heavy (non-hydrogen) atoms. The fourth-order valence-electron chi connectivity index (χ4n) is 8.52. The number of anilines is 1. The third-order valence-corrected chi connectivity index (χ3v) is 13.0. The average molecular weight is 722 g/mol. The number of aromatic nitrogens is 1. The summed E-state index contributed by atoms with van der Waals surface area (Å²) in [6.07, 6.45) is 2.58. The van der Waals surface area contributed by atoms with Crippen molar-refractivity contribution in [2.75, 3.05) is 32.2 Å². The van der Waals surface area contributed by atoms with Crippen LogP contribution >= 0.6 is 23.1 Å². The summed E-state index contributed by atoms with van der Waals surface area (Å²) in [5.74, 6) is -0.811. The molecule has 2 aromatic carbocycles. The van der Waals surface area contributed by atoms with Crippen LogP contribution in [0.4, 0.5) is 5.69 Å². The van der Waals surface area contributed by atoms with Crippen LogP contribution in [0, 0.1) is 29.6 Å². The molecule has 2 aliphatic carbocycles. The van der Waals surface area contributed by atoms with E-state index >= 15 is 0 Å². The number of rotatable bonds is 14. The van der Waals surface area contributed by atoms with E-state index in [0.29, 0.717) is 55.4 Å². The van der Waals surface area contributed by atoms with Gasteiger partial charge in [-0.05, 0) is 85.9 Å². The number of methoxy groups -OCH3 is 1. The number of aromatic amines is 1. The number of amides is 3. The lowest BCUT2D eigenvalue weighted by atomic mass is 9.68. The van der Waals surface area contributed by atoms with Crippen molar-refractivity contribution in [2.45, 2.75) is 55.2 Å². The van der Waals surface area contributed by atoms with Gasteiger partial charge in [-0.3, -0.25) is 28.9 Å². The first-order valence-corrected chi connectivity index (χ1v) is 18.7. The molecule has 0 spiro atoms. The highest BCUT2D eigenvalue weighted by atomic mass is 32.2. The maximum atomic E-state index is 13.9. The number of unbranched alkanes of at least 4 members (excludes halogenated alkanes) is 2. The van der Waals surface area contributed by atoms with E-state index in [-0.39, 0.29) is 70.5 Å². The number of carboxylic acids is 1. The molecule has 3 aromatic rings. The van der Waals surface area contributed by atoms with E-state index in [2.05, 4.69) is 10.3 Å². The minimum Gasteiger partial charge on any atom is -0.497 e. The van der Waals surface area contributed by atoms with Gasteiger partial charge in [0.15, 0.2) is 18.1 Å². The number of hydrogen-bond donors (Lipinski definition) is 3. The Hall–Kier alpha value is -4.30. The molecule has 1 aromatic heterocycles. The Bertz CT molecular complexity index is 1860. The van der Waals surface area contributed by atoms with Crippen LogP contribution in [0.2, 0.25) is 0 Å². The van der Waals surface area contributed by atoms with Crippen LogP contribution in [-0.4, -0.2) is 70.8 Å². The lowest BCUT2D eigenvalue weighted by molar-refractivity contribution is -0.141. The predicted octanol–water partition coefficient (Wildman–Crippen LogP) is 4.98. The molecule has 3 amide bonds. The average Bonchev–Trinajstić information content (AvgIpc) is 3.83. The van der Waals surface area contributed by atoms with E-state index in [0.717, 1.165) is 21.9 Å². The van der Waals surface area contributed by atoms with Gasteiger partial charge in [0, 0.05) is 34.7 Å². The highest BCUT2D eigenvalue weighted by molar-refractivity contribution is 8.00. The number of nitrogens with one attached hydrogen (secondary N) is 2. The Morgan fingerprint density at radius 2 is 1.74 bits per heavy atom. The van der Waals surface area contributed by atoms with E-state index < -0.39 is 11.9 Å². The normalized spacial score (nSPS) is 26.0. The molecule has 6 unspecified atom stereocenters. The van der Waals surface area contributed by atoms with E-state index in [1.165, 1.54) is 16.2 Å². The number of thiazole rings is 1. The number of carbonyl (C=O) groups excluding carboxylic acids is 3. The van der Waals surface area contributed by atoms with Gasteiger partial charge in [0.1, 0.15) is 5.75 Å². The van der Waals surface area contributed by atoms with Crippen LogP contribution in [-0.2, 0) is 19.2 Å².